The van der Waals surface area contributed by atoms with Gasteiger partial charge in [-0.1, -0.05) is 0 Å². The van der Waals surface area contributed by atoms with Crippen LogP contribution in [-0.4, -0.2) is 49.2 Å². The molecule has 190 valence electrons. The topological polar surface area (TPSA) is 124 Å². The minimum absolute atomic E-state index is 0.132. The maximum atomic E-state index is 10.4. The lowest BCUT2D eigenvalue weighted by Crippen LogP contribution is -2.33. The summed E-state index contributed by atoms with van der Waals surface area (Å²) in [6.45, 7) is 11.0. The van der Waals surface area contributed by atoms with Gasteiger partial charge in [-0.2, -0.15) is 20.6 Å². The van der Waals surface area contributed by atoms with Crippen LogP contribution in [0.2, 0.25) is 0 Å². The molecule has 0 amide bonds. The van der Waals surface area contributed by atoms with Gasteiger partial charge in [-0.15, -0.1) is 0 Å². The first-order valence-corrected chi connectivity index (χ1v) is 12.5. The molecule has 0 aliphatic carbocycles. The first-order chi connectivity index (χ1) is 17.7. The van der Waals surface area contributed by atoms with Crippen LogP contribution in [0.15, 0.2) is 36.7 Å². The smallest absolute Gasteiger partial charge is 0.146 e. The lowest BCUT2D eigenvalue weighted by atomic mass is 9.90. The zero-order chi connectivity index (χ0) is 26.3. The molecule has 0 radical (unpaired) electrons. The number of aromatic nitrogens is 5. The van der Waals surface area contributed by atoms with Crippen molar-refractivity contribution in [3.8, 4) is 23.1 Å². The van der Waals surface area contributed by atoms with E-state index in [2.05, 4.69) is 36.3 Å². The lowest BCUT2D eigenvalue weighted by molar-refractivity contribution is 0.0263. The number of nitrogens with one attached hydrogen (secondary N) is 1. The molecule has 0 bridgehead atoms. The van der Waals surface area contributed by atoms with Gasteiger partial charge in [-0.3, -0.25) is 5.10 Å². The van der Waals surface area contributed by atoms with E-state index in [-0.39, 0.29) is 12.0 Å². The first kappa shape index (κ1) is 24.7. The molecule has 4 aromatic rings. The van der Waals surface area contributed by atoms with E-state index in [1.54, 1.807) is 12.4 Å². The van der Waals surface area contributed by atoms with Crippen LogP contribution in [0.5, 0.6) is 5.75 Å². The predicted molar refractivity (Wildman–Crippen MR) is 141 cm³/mol. The molecule has 0 saturated carbocycles. The normalized spacial score (nSPS) is 16.7. The average Bonchev–Trinajstić information content (AvgIpc) is 3.51. The Hall–Kier alpha value is -4.03. The summed E-state index contributed by atoms with van der Waals surface area (Å²) < 4.78 is 6.29. The van der Waals surface area contributed by atoms with Crippen LogP contribution >= 0.6 is 0 Å². The summed E-state index contributed by atoms with van der Waals surface area (Å²) in [6.07, 6.45) is 4.16. The number of H-pyrrole nitrogens is 1. The number of anilines is 1. The van der Waals surface area contributed by atoms with E-state index in [0.29, 0.717) is 29.4 Å². The molecule has 0 spiro atoms. The minimum Gasteiger partial charge on any atom is -0.486 e. The fraction of sp³-hybridized carbons (Fsp3) is 0.393. The Bertz CT molecular complexity index is 1480. The van der Waals surface area contributed by atoms with Gasteiger partial charge in [0, 0.05) is 41.7 Å². The van der Waals surface area contributed by atoms with Gasteiger partial charge in [-0.05, 0) is 70.9 Å². The molecule has 2 N–H and O–H groups in total. The van der Waals surface area contributed by atoms with Crippen LogP contribution in [0.3, 0.4) is 0 Å². The number of pyridine rings is 1. The van der Waals surface area contributed by atoms with E-state index in [9.17, 15) is 10.4 Å². The summed E-state index contributed by atoms with van der Waals surface area (Å²) in [5.41, 5.74) is 4.95. The van der Waals surface area contributed by atoms with Crippen molar-refractivity contribution in [2.45, 2.75) is 52.7 Å². The number of aromatic amines is 1. The monoisotopic (exact) mass is 497 g/mol. The third-order valence-electron chi connectivity index (χ3n) is 7.27. The maximum Gasteiger partial charge on any atom is 0.146 e. The molecule has 4 heterocycles. The van der Waals surface area contributed by atoms with Crippen LogP contribution in [0.4, 0.5) is 5.82 Å². The Morgan fingerprint density at radius 2 is 2.05 bits per heavy atom. The summed E-state index contributed by atoms with van der Waals surface area (Å²) in [4.78, 5) is 6.75. The minimum atomic E-state index is -0.766. The molecule has 3 aromatic heterocycles. The fourth-order valence-electron chi connectivity index (χ4n) is 5.23. The van der Waals surface area contributed by atoms with Crippen LogP contribution in [0.1, 0.15) is 55.7 Å². The molecular weight excluding hydrogens is 466 g/mol. The number of aryl methyl sites for hydroxylation is 2. The van der Waals surface area contributed by atoms with Gasteiger partial charge < -0.3 is 14.7 Å². The fourth-order valence-corrected chi connectivity index (χ4v) is 5.23. The summed E-state index contributed by atoms with van der Waals surface area (Å²) in [6, 6.07) is 9.94. The second-order valence-corrected chi connectivity index (χ2v) is 10.4. The SMILES string of the molecule is Cc1cnnc(C)c1[C@@H](C)Oc1ccc2[nH]nc(-c3cnc(N4CC[C@@H](C(C)(C)O)C4)c(C#N)c3)c2c1. The Balaban J connectivity index is 1.44. The molecule has 1 aliphatic rings. The Labute approximate surface area is 216 Å². The predicted octanol–water partition coefficient (Wildman–Crippen LogP) is 4.64. The van der Waals surface area contributed by atoms with Crippen LogP contribution in [-0.2, 0) is 0 Å². The van der Waals surface area contributed by atoms with Gasteiger partial charge >= 0.3 is 0 Å². The number of nitrogens with zero attached hydrogens (tertiary/aromatic N) is 6. The second-order valence-electron chi connectivity index (χ2n) is 10.4. The van der Waals surface area contributed by atoms with Crippen molar-refractivity contribution in [3.63, 3.8) is 0 Å². The highest BCUT2D eigenvalue weighted by molar-refractivity contribution is 5.94. The molecule has 5 rings (SSSR count). The number of benzene rings is 1. The number of ether oxygens (including phenoxy) is 1. The highest BCUT2D eigenvalue weighted by Crippen LogP contribution is 2.35. The van der Waals surface area contributed by atoms with Crippen molar-refractivity contribution in [1.82, 2.24) is 25.4 Å². The lowest BCUT2D eigenvalue weighted by Gasteiger charge is -2.26. The zero-order valence-corrected chi connectivity index (χ0v) is 21.8. The molecule has 0 unspecified atom stereocenters. The number of nitriles is 1. The Morgan fingerprint density at radius 3 is 2.76 bits per heavy atom. The summed E-state index contributed by atoms with van der Waals surface area (Å²) in [7, 11) is 0. The summed E-state index contributed by atoms with van der Waals surface area (Å²) in [5, 5.41) is 37.0. The van der Waals surface area contributed by atoms with Crippen molar-refractivity contribution in [2.24, 2.45) is 5.92 Å². The molecule has 1 fully saturated rings. The van der Waals surface area contributed by atoms with E-state index in [0.717, 1.165) is 46.3 Å². The van der Waals surface area contributed by atoms with Crippen molar-refractivity contribution < 1.29 is 9.84 Å². The van der Waals surface area contributed by atoms with E-state index in [4.69, 9.17) is 4.74 Å². The van der Waals surface area contributed by atoms with Crippen molar-refractivity contribution in [3.05, 3.63) is 59.0 Å². The van der Waals surface area contributed by atoms with Gasteiger partial charge in [0.15, 0.2) is 0 Å². The Kier molecular flexibility index (Phi) is 6.30. The number of fused-ring (bicyclic) bond motifs is 1. The van der Waals surface area contributed by atoms with Crippen LogP contribution in [0, 0.1) is 31.1 Å². The average molecular weight is 498 g/mol. The van der Waals surface area contributed by atoms with E-state index in [1.807, 2.05) is 58.9 Å². The van der Waals surface area contributed by atoms with E-state index in [1.165, 1.54) is 0 Å². The molecule has 2 atom stereocenters. The van der Waals surface area contributed by atoms with Crippen molar-refractivity contribution >= 4 is 16.7 Å². The quantitative estimate of drug-likeness (QED) is 0.395. The Morgan fingerprint density at radius 1 is 1.24 bits per heavy atom. The highest BCUT2D eigenvalue weighted by atomic mass is 16.5. The molecule has 9 heteroatoms. The molecule has 9 nitrogen and oxygen atoms in total. The van der Waals surface area contributed by atoms with Crippen molar-refractivity contribution in [2.75, 3.05) is 18.0 Å². The summed E-state index contributed by atoms with van der Waals surface area (Å²) >= 11 is 0. The molecular formula is C28H31N7O2. The van der Waals surface area contributed by atoms with Crippen LogP contribution in [0.25, 0.3) is 22.2 Å². The van der Waals surface area contributed by atoms with Gasteiger partial charge in [0.2, 0.25) is 0 Å². The summed E-state index contributed by atoms with van der Waals surface area (Å²) in [5.74, 6) is 1.48. The largest absolute Gasteiger partial charge is 0.486 e. The van der Waals surface area contributed by atoms with Crippen molar-refractivity contribution in [1.29, 1.82) is 5.26 Å². The standard InChI is InChI=1S/C28H31N7O2/c1-16-13-31-32-17(2)25(16)18(3)37-22-6-7-24-23(11-22)26(34-33-24)20-10-19(12-29)27(30-14-20)35-9-8-21(15-35)28(4,5)36/h6-7,10-11,13-14,18,21,36H,8-9,15H2,1-5H3,(H,33,34)/t18-,21-/m1/s1. The third kappa shape index (κ3) is 4.72. The maximum absolute atomic E-state index is 10.4. The van der Waals surface area contributed by atoms with Gasteiger partial charge in [0.25, 0.3) is 0 Å². The number of hydrogen-bond donors (Lipinski definition) is 2. The van der Waals surface area contributed by atoms with Gasteiger partial charge in [0.1, 0.15) is 29.4 Å². The van der Waals surface area contributed by atoms with Gasteiger partial charge in [-0.25, -0.2) is 4.98 Å². The molecule has 1 aliphatic heterocycles. The van der Waals surface area contributed by atoms with E-state index >= 15 is 0 Å². The second kappa shape index (κ2) is 9.45. The number of rotatable bonds is 6. The highest BCUT2D eigenvalue weighted by Gasteiger charge is 2.34. The van der Waals surface area contributed by atoms with E-state index < -0.39 is 5.60 Å². The molecule has 37 heavy (non-hydrogen) atoms. The van der Waals surface area contributed by atoms with Crippen LogP contribution < -0.4 is 9.64 Å². The first-order valence-electron chi connectivity index (χ1n) is 12.5. The molecule has 1 aromatic carbocycles. The number of aliphatic hydroxyl groups is 1. The van der Waals surface area contributed by atoms with Gasteiger partial charge in [0.05, 0.1) is 28.6 Å². The number of hydrogen-bond acceptors (Lipinski definition) is 8. The molecule has 1 saturated heterocycles. The zero-order valence-electron chi connectivity index (χ0n) is 21.8. The third-order valence-corrected chi connectivity index (χ3v) is 7.27.